The Labute approximate surface area is 126 Å². The van der Waals surface area contributed by atoms with Gasteiger partial charge in [-0.3, -0.25) is 5.41 Å². The van der Waals surface area contributed by atoms with Crippen LogP contribution in [0.2, 0.25) is 0 Å². The Morgan fingerprint density at radius 2 is 1.95 bits per heavy atom. The summed E-state index contributed by atoms with van der Waals surface area (Å²) in [6.45, 7) is 3.13. The normalized spacial score (nSPS) is 15.3. The molecule has 110 valence electrons. The molecule has 0 atom stereocenters. The number of nitrogen functional groups attached to an aromatic ring is 1. The highest BCUT2D eigenvalue weighted by Crippen LogP contribution is 2.24. The topological polar surface area (TPSA) is 69.2 Å². The predicted molar refractivity (Wildman–Crippen MR) is 84.0 cm³/mol. The van der Waals surface area contributed by atoms with E-state index in [4.69, 9.17) is 11.1 Å². The smallest absolute Gasteiger partial charge is 0.185 e. The molecule has 5 nitrogen and oxygen atoms in total. The molecule has 1 saturated heterocycles. The maximum Gasteiger partial charge on any atom is 0.185 e. The lowest BCUT2D eigenvalue weighted by Gasteiger charge is -2.36. The Bertz CT molecular complexity index is 635. The molecule has 1 aliphatic rings. The first-order chi connectivity index (χ1) is 10.1. The molecular formula is C14H16FN5S. The molecule has 2 heterocycles. The van der Waals surface area contributed by atoms with Crippen molar-refractivity contribution in [2.45, 2.75) is 0 Å². The van der Waals surface area contributed by atoms with Crippen LogP contribution in [0.1, 0.15) is 5.56 Å². The fraction of sp³-hybridized carbons (Fsp3) is 0.286. The maximum absolute atomic E-state index is 14.1. The minimum absolute atomic E-state index is 0.117. The number of rotatable bonds is 3. The van der Waals surface area contributed by atoms with Gasteiger partial charge in [0.05, 0.1) is 5.69 Å². The van der Waals surface area contributed by atoms with Gasteiger partial charge < -0.3 is 15.5 Å². The predicted octanol–water partition coefficient (Wildman–Crippen LogP) is 1.89. The Morgan fingerprint density at radius 3 is 2.52 bits per heavy atom. The molecule has 0 spiro atoms. The summed E-state index contributed by atoms with van der Waals surface area (Å²) in [5.41, 5.74) is 6.36. The summed E-state index contributed by atoms with van der Waals surface area (Å²) >= 11 is 1.62. The lowest BCUT2D eigenvalue weighted by Crippen LogP contribution is -2.46. The summed E-state index contributed by atoms with van der Waals surface area (Å²) < 4.78 is 14.1. The first kappa shape index (κ1) is 13.8. The standard InChI is InChI=1S/C14H16FN5S/c15-11-9-10(13(16)17)1-2-12(11)19-4-6-20(7-5-19)14-18-3-8-21-14/h1-3,8-9H,4-7H2,(H3,16,17). The molecule has 0 radical (unpaired) electrons. The van der Waals surface area contributed by atoms with Crippen molar-refractivity contribution < 1.29 is 4.39 Å². The SMILES string of the molecule is N=C(N)c1ccc(N2CCN(c3nccs3)CC2)c(F)c1. The second-order valence-electron chi connectivity index (χ2n) is 4.87. The average Bonchev–Trinajstić information content (AvgIpc) is 3.01. The number of aromatic nitrogens is 1. The number of piperazine rings is 1. The van der Waals surface area contributed by atoms with Gasteiger partial charge in [-0.25, -0.2) is 9.37 Å². The second-order valence-corrected chi connectivity index (χ2v) is 5.74. The van der Waals surface area contributed by atoms with Gasteiger partial charge in [-0.2, -0.15) is 0 Å². The third-order valence-corrected chi connectivity index (χ3v) is 4.40. The molecule has 3 rings (SSSR count). The van der Waals surface area contributed by atoms with E-state index in [0.29, 0.717) is 11.3 Å². The molecule has 7 heteroatoms. The number of thiazole rings is 1. The van der Waals surface area contributed by atoms with Crippen molar-refractivity contribution in [3.05, 3.63) is 41.2 Å². The number of hydrogen-bond acceptors (Lipinski definition) is 5. The van der Waals surface area contributed by atoms with E-state index >= 15 is 0 Å². The number of nitrogens with one attached hydrogen (secondary N) is 1. The van der Waals surface area contributed by atoms with Crippen LogP contribution in [0.25, 0.3) is 0 Å². The van der Waals surface area contributed by atoms with Gasteiger partial charge in [-0.05, 0) is 18.2 Å². The second kappa shape index (κ2) is 5.69. The molecule has 1 aliphatic heterocycles. The van der Waals surface area contributed by atoms with Crippen LogP contribution in [-0.4, -0.2) is 37.0 Å². The zero-order chi connectivity index (χ0) is 14.8. The van der Waals surface area contributed by atoms with Crippen LogP contribution < -0.4 is 15.5 Å². The number of benzene rings is 1. The molecule has 0 unspecified atom stereocenters. The van der Waals surface area contributed by atoms with Gasteiger partial charge in [-0.15, -0.1) is 11.3 Å². The van der Waals surface area contributed by atoms with Crippen molar-refractivity contribution in [2.24, 2.45) is 5.73 Å². The summed E-state index contributed by atoms with van der Waals surface area (Å²) in [4.78, 5) is 8.53. The fourth-order valence-corrected chi connectivity index (χ4v) is 3.14. The van der Waals surface area contributed by atoms with Gasteiger partial charge in [0.2, 0.25) is 0 Å². The lowest BCUT2D eigenvalue weighted by molar-refractivity contribution is 0.597. The first-order valence-corrected chi connectivity index (χ1v) is 7.56. The van der Waals surface area contributed by atoms with Crippen LogP contribution in [0.3, 0.4) is 0 Å². The van der Waals surface area contributed by atoms with E-state index in [1.807, 2.05) is 10.3 Å². The third kappa shape index (κ3) is 2.82. The Morgan fingerprint density at radius 1 is 1.24 bits per heavy atom. The van der Waals surface area contributed by atoms with E-state index < -0.39 is 0 Å². The number of nitrogens with two attached hydrogens (primary N) is 1. The highest BCUT2D eigenvalue weighted by molar-refractivity contribution is 7.13. The molecule has 0 aliphatic carbocycles. The van der Waals surface area contributed by atoms with Gasteiger partial charge >= 0.3 is 0 Å². The van der Waals surface area contributed by atoms with E-state index in [1.54, 1.807) is 29.7 Å². The van der Waals surface area contributed by atoms with E-state index in [-0.39, 0.29) is 11.7 Å². The molecule has 0 amide bonds. The van der Waals surface area contributed by atoms with E-state index in [2.05, 4.69) is 9.88 Å². The van der Waals surface area contributed by atoms with Gasteiger partial charge in [-0.1, -0.05) is 0 Å². The summed E-state index contributed by atoms with van der Waals surface area (Å²) in [5, 5.41) is 10.3. The van der Waals surface area contributed by atoms with Crippen molar-refractivity contribution in [1.82, 2.24) is 4.98 Å². The van der Waals surface area contributed by atoms with E-state index in [1.165, 1.54) is 6.07 Å². The molecule has 1 fully saturated rings. The fourth-order valence-electron chi connectivity index (χ4n) is 2.44. The van der Waals surface area contributed by atoms with Crippen LogP contribution in [0.5, 0.6) is 0 Å². The number of halogens is 1. The first-order valence-electron chi connectivity index (χ1n) is 6.68. The van der Waals surface area contributed by atoms with Crippen LogP contribution in [0.4, 0.5) is 15.2 Å². The van der Waals surface area contributed by atoms with Gasteiger partial charge in [0.1, 0.15) is 11.7 Å². The van der Waals surface area contributed by atoms with Crippen molar-refractivity contribution in [2.75, 3.05) is 36.0 Å². The largest absolute Gasteiger partial charge is 0.384 e. The molecule has 1 aromatic heterocycles. The van der Waals surface area contributed by atoms with Crippen LogP contribution in [0, 0.1) is 11.2 Å². The summed E-state index contributed by atoms with van der Waals surface area (Å²) in [7, 11) is 0. The number of amidine groups is 1. The monoisotopic (exact) mass is 305 g/mol. The Balaban J connectivity index is 1.71. The van der Waals surface area contributed by atoms with Gasteiger partial charge in [0.15, 0.2) is 5.13 Å². The molecule has 3 N–H and O–H groups in total. The minimum Gasteiger partial charge on any atom is -0.384 e. The van der Waals surface area contributed by atoms with Crippen molar-refractivity contribution in [3.8, 4) is 0 Å². The zero-order valence-electron chi connectivity index (χ0n) is 11.4. The third-order valence-electron chi connectivity index (χ3n) is 3.57. The van der Waals surface area contributed by atoms with E-state index in [0.717, 1.165) is 31.3 Å². The molecular weight excluding hydrogens is 289 g/mol. The van der Waals surface area contributed by atoms with Crippen LogP contribution >= 0.6 is 11.3 Å². The number of hydrogen-bond donors (Lipinski definition) is 2. The van der Waals surface area contributed by atoms with Crippen molar-refractivity contribution in [1.29, 1.82) is 5.41 Å². The molecule has 0 bridgehead atoms. The number of nitrogens with zero attached hydrogens (tertiary/aromatic N) is 3. The Kier molecular flexibility index (Phi) is 3.74. The molecule has 0 saturated carbocycles. The molecule has 21 heavy (non-hydrogen) atoms. The van der Waals surface area contributed by atoms with Crippen molar-refractivity contribution in [3.63, 3.8) is 0 Å². The highest BCUT2D eigenvalue weighted by atomic mass is 32.1. The van der Waals surface area contributed by atoms with Gasteiger partial charge in [0, 0.05) is 43.3 Å². The van der Waals surface area contributed by atoms with Crippen molar-refractivity contribution >= 4 is 28.0 Å². The Hall–Kier alpha value is -2.15. The van der Waals surface area contributed by atoms with Crippen LogP contribution in [-0.2, 0) is 0 Å². The molecule has 1 aromatic carbocycles. The van der Waals surface area contributed by atoms with E-state index in [9.17, 15) is 4.39 Å². The summed E-state index contributed by atoms with van der Waals surface area (Å²) in [5.74, 6) is -0.445. The summed E-state index contributed by atoms with van der Waals surface area (Å²) in [6.07, 6.45) is 1.80. The summed E-state index contributed by atoms with van der Waals surface area (Å²) in [6, 6.07) is 4.71. The lowest BCUT2D eigenvalue weighted by atomic mass is 10.1. The zero-order valence-corrected chi connectivity index (χ0v) is 12.2. The van der Waals surface area contributed by atoms with Crippen LogP contribution in [0.15, 0.2) is 29.8 Å². The quantitative estimate of drug-likeness (QED) is 0.671. The molecule has 2 aromatic rings. The van der Waals surface area contributed by atoms with Gasteiger partial charge in [0.25, 0.3) is 0 Å². The maximum atomic E-state index is 14.1. The minimum atomic E-state index is -0.328. The highest BCUT2D eigenvalue weighted by Gasteiger charge is 2.21. The average molecular weight is 305 g/mol. The number of anilines is 2.